The molecule has 61 heavy (non-hydrogen) atoms. The zero-order valence-electron chi connectivity index (χ0n) is 34.9. The molecular formula is C50H48N2O9. The highest BCUT2D eigenvalue weighted by Crippen LogP contribution is 2.57. The van der Waals surface area contributed by atoms with Crippen LogP contribution in [0.2, 0.25) is 0 Å². The Labute approximate surface area is 355 Å². The third-order valence-electron chi connectivity index (χ3n) is 11.1. The SMILES string of the molecule is C=Cc1ccccc1N(Cc1ccccc1CC)C(=O)C(C)CCC(C)NC(=O)Cc1ccc2c(c1)C1(OC2=O)c2ccc(OC(C)=O)cc2Oc2cc(OC(C)=O)ccc21. The normalized spacial score (nSPS) is 14.0. The van der Waals surface area contributed by atoms with Crippen molar-refractivity contribution in [1.29, 1.82) is 0 Å². The van der Waals surface area contributed by atoms with Crippen molar-refractivity contribution in [3.63, 3.8) is 0 Å². The molecule has 0 saturated carbocycles. The lowest BCUT2D eigenvalue weighted by molar-refractivity contribution is -0.132. The summed E-state index contributed by atoms with van der Waals surface area (Å²) in [6, 6.07) is 30.4. The number of amides is 2. The first-order valence-corrected chi connectivity index (χ1v) is 20.4. The molecule has 0 fully saturated rings. The molecule has 11 nitrogen and oxygen atoms in total. The lowest BCUT2D eigenvalue weighted by Gasteiger charge is -2.36. The molecule has 11 heteroatoms. The third kappa shape index (κ3) is 8.68. The van der Waals surface area contributed by atoms with E-state index in [9.17, 15) is 24.0 Å². The van der Waals surface area contributed by atoms with Gasteiger partial charge in [0.15, 0.2) is 5.60 Å². The zero-order chi connectivity index (χ0) is 43.4. The Bertz CT molecular complexity index is 2490. The molecule has 5 aromatic rings. The van der Waals surface area contributed by atoms with Crippen LogP contribution in [-0.4, -0.2) is 35.8 Å². The number of anilines is 1. The van der Waals surface area contributed by atoms with Crippen molar-refractivity contribution in [2.24, 2.45) is 5.92 Å². The van der Waals surface area contributed by atoms with Crippen molar-refractivity contribution in [3.8, 4) is 23.0 Å². The number of nitrogens with one attached hydrogen (secondary N) is 1. The maximum absolute atomic E-state index is 14.2. The Hall–Kier alpha value is -7.01. The lowest BCUT2D eigenvalue weighted by atomic mass is 9.77. The van der Waals surface area contributed by atoms with Crippen LogP contribution < -0.4 is 24.4 Å². The molecular weight excluding hydrogens is 773 g/mol. The second-order valence-electron chi connectivity index (χ2n) is 15.5. The van der Waals surface area contributed by atoms with Gasteiger partial charge in [-0.3, -0.25) is 19.2 Å². The molecule has 0 aliphatic carbocycles. The number of fused-ring (bicyclic) bond motifs is 6. The molecule has 2 heterocycles. The summed E-state index contributed by atoms with van der Waals surface area (Å²) in [7, 11) is 0. The molecule has 2 aliphatic rings. The summed E-state index contributed by atoms with van der Waals surface area (Å²) in [4.78, 5) is 66.9. The number of nitrogens with zero attached hydrogens (tertiary/aromatic N) is 1. The van der Waals surface area contributed by atoms with Gasteiger partial charge in [-0.1, -0.05) is 75.0 Å². The Balaban J connectivity index is 1.09. The van der Waals surface area contributed by atoms with E-state index in [0.29, 0.717) is 47.2 Å². The van der Waals surface area contributed by atoms with Gasteiger partial charge in [-0.2, -0.15) is 0 Å². The second-order valence-corrected chi connectivity index (χ2v) is 15.5. The van der Waals surface area contributed by atoms with Crippen LogP contribution in [-0.2, 0) is 48.9 Å². The fourth-order valence-electron chi connectivity index (χ4n) is 8.19. The fourth-order valence-corrected chi connectivity index (χ4v) is 8.19. The molecule has 0 aromatic heterocycles. The van der Waals surface area contributed by atoms with Gasteiger partial charge in [0.05, 0.1) is 24.2 Å². The predicted molar refractivity (Wildman–Crippen MR) is 231 cm³/mol. The van der Waals surface area contributed by atoms with Crippen LogP contribution in [0.3, 0.4) is 0 Å². The van der Waals surface area contributed by atoms with E-state index in [4.69, 9.17) is 18.9 Å². The third-order valence-corrected chi connectivity index (χ3v) is 11.1. The standard InChI is InChI=1S/C50H48N2O9/c1-7-35-13-9-10-15-37(35)29-52(44-16-12-11-14-36(44)8-2)48(56)30(3)17-18-31(4)51-47(55)26-34-19-22-40-43(25-34)50(61-49(40)57)41-23-20-38(58-32(5)53)27-45(41)60-46-28-39(59-33(6)54)21-24-42(46)50/h8-16,19-25,27-28,30-31H,2,7,17-18,26,29H2,1,3-6H3,(H,51,55). The van der Waals surface area contributed by atoms with Gasteiger partial charge in [0, 0.05) is 54.6 Å². The molecule has 1 N–H and O–H groups in total. The van der Waals surface area contributed by atoms with Crippen LogP contribution in [0.15, 0.2) is 110 Å². The molecule has 312 valence electrons. The maximum atomic E-state index is 14.2. The van der Waals surface area contributed by atoms with Crippen LogP contribution in [0, 0.1) is 5.92 Å². The van der Waals surface area contributed by atoms with Crippen molar-refractivity contribution in [2.75, 3.05) is 4.90 Å². The van der Waals surface area contributed by atoms with Gasteiger partial charge < -0.3 is 29.2 Å². The van der Waals surface area contributed by atoms with E-state index < -0.39 is 23.5 Å². The van der Waals surface area contributed by atoms with Crippen LogP contribution in [0.4, 0.5) is 5.69 Å². The number of carbonyl (C=O) groups is 5. The summed E-state index contributed by atoms with van der Waals surface area (Å²) in [6.45, 7) is 12.9. The number of hydrogen-bond acceptors (Lipinski definition) is 9. The highest BCUT2D eigenvalue weighted by molar-refractivity contribution is 5.98. The number of para-hydroxylation sites is 1. The van der Waals surface area contributed by atoms with Crippen LogP contribution in [0.25, 0.3) is 6.08 Å². The topological polar surface area (TPSA) is 138 Å². The monoisotopic (exact) mass is 820 g/mol. The molecule has 0 saturated heterocycles. The van der Waals surface area contributed by atoms with E-state index in [2.05, 4.69) is 31.0 Å². The van der Waals surface area contributed by atoms with E-state index in [1.165, 1.54) is 31.5 Å². The van der Waals surface area contributed by atoms with Crippen molar-refractivity contribution >= 4 is 41.5 Å². The van der Waals surface area contributed by atoms with Gasteiger partial charge in [0.1, 0.15) is 23.0 Å². The predicted octanol–water partition coefficient (Wildman–Crippen LogP) is 9.01. The molecule has 0 bridgehead atoms. The minimum Gasteiger partial charge on any atom is -0.456 e. The molecule has 2 amide bonds. The van der Waals surface area contributed by atoms with Crippen molar-refractivity contribution in [3.05, 3.63) is 154 Å². The number of aryl methyl sites for hydroxylation is 1. The average molecular weight is 821 g/mol. The number of benzene rings is 5. The summed E-state index contributed by atoms with van der Waals surface area (Å²) in [5, 5.41) is 3.10. The van der Waals surface area contributed by atoms with Gasteiger partial charge in [0.2, 0.25) is 11.8 Å². The molecule has 7 rings (SSSR count). The van der Waals surface area contributed by atoms with Crippen LogP contribution >= 0.6 is 0 Å². The molecule has 2 aliphatic heterocycles. The van der Waals surface area contributed by atoms with E-state index in [1.807, 2.05) is 55.1 Å². The van der Waals surface area contributed by atoms with Crippen molar-refractivity contribution in [2.45, 2.75) is 78.5 Å². The van der Waals surface area contributed by atoms with Gasteiger partial charge >= 0.3 is 17.9 Å². The summed E-state index contributed by atoms with van der Waals surface area (Å²) < 4.78 is 23.2. The number of ether oxygens (including phenoxy) is 4. The van der Waals surface area contributed by atoms with Crippen molar-refractivity contribution in [1.82, 2.24) is 5.32 Å². The van der Waals surface area contributed by atoms with Crippen LogP contribution in [0.1, 0.15) is 96.8 Å². The van der Waals surface area contributed by atoms with Gasteiger partial charge in [-0.15, -0.1) is 0 Å². The summed E-state index contributed by atoms with van der Waals surface area (Å²) in [5.41, 5.74) is 4.84. The number of hydrogen-bond donors (Lipinski definition) is 1. The first kappa shape index (κ1) is 42.1. The first-order valence-electron chi connectivity index (χ1n) is 20.4. The summed E-state index contributed by atoms with van der Waals surface area (Å²) in [6.07, 6.45) is 3.73. The molecule has 5 aromatic carbocycles. The molecule has 2 unspecified atom stereocenters. The maximum Gasteiger partial charge on any atom is 0.340 e. The number of esters is 3. The Morgan fingerprint density at radius 1 is 0.787 bits per heavy atom. The minimum absolute atomic E-state index is 0.00627. The van der Waals surface area contributed by atoms with Crippen molar-refractivity contribution < 1.29 is 42.9 Å². The number of carbonyl (C=O) groups excluding carboxylic acids is 5. The van der Waals surface area contributed by atoms with Gasteiger partial charge in [0.25, 0.3) is 0 Å². The average Bonchev–Trinajstić information content (AvgIpc) is 3.52. The zero-order valence-corrected chi connectivity index (χ0v) is 34.9. The minimum atomic E-state index is -1.50. The number of rotatable bonds is 14. The smallest absolute Gasteiger partial charge is 0.340 e. The Kier molecular flexibility index (Phi) is 12.2. The Morgan fingerprint density at radius 3 is 2.03 bits per heavy atom. The second kappa shape index (κ2) is 17.7. The largest absolute Gasteiger partial charge is 0.456 e. The van der Waals surface area contributed by atoms with E-state index in [0.717, 1.165) is 23.2 Å². The first-order chi connectivity index (χ1) is 29.3. The van der Waals surface area contributed by atoms with E-state index in [-0.39, 0.29) is 53.2 Å². The molecule has 2 atom stereocenters. The van der Waals surface area contributed by atoms with E-state index >= 15 is 0 Å². The quantitative estimate of drug-likeness (QED) is 0.0860. The Morgan fingerprint density at radius 2 is 1.41 bits per heavy atom. The lowest BCUT2D eigenvalue weighted by Crippen LogP contribution is -2.37. The van der Waals surface area contributed by atoms with Gasteiger partial charge in [-0.05, 0) is 90.9 Å². The molecule has 1 spiro atoms. The highest BCUT2D eigenvalue weighted by Gasteiger charge is 2.54. The fraction of sp³-hybridized carbons (Fsp3) is 0.260. The highest BCUT2D eigenvalue weighted by atomic mass is 16.6. The summed E-state index contributed by atoms with van der Waals surface area (Å²) >= 11 is 0. The van der Waals surface area contributed by atoms with E-state index in [1.54, 1.807) is 48.5 Å². The molecule has 0 radical (unpaired) electrons. The van der Waals surface area contributed by atoms with Gasteiger partial charge in [-0.25, -0.2) is 4.79 Å². The summed E-state index contributed by atoms with van der Waals surface area (Å²) in [5.74, 6) is -1.24. The van der Waals surface area contributed by atoms with Crippen LogP contribution in [0.5, 0.6) is 23.0 Å².